The number of anilines is 2. The first-order valence-electron chi connectivity index (χ1n) is 6.74. The van der Waals surface area contributed by atoms with Crippen LogP contribution in [0.25, 0.3) is 10.9 Å². The average molecular weight is 306 g/mol. The summed E-state index contributed by atoms with van der Waals surface area (Å²) >= 11 is 4.10. The van der Waals surface area contributed by atoms with Crippen LogP contribution in [-0.4, -0.2) is 46.1 Å². The van der Waals surface area contributed by atoms with Gasteiger partial charge in [0.2, 0.25) is 5.95 Å². The van der Waals surface area contributed by atoms with Gasteiger partial charge in [0.05, 0.1) is 5.52 Å². The predicted octanol–water partition coefficient (Wildman–Crippen LogP) is 2.93. The molecule has 1 aromatic carbocycles. The molecule has 1 saturated heterocycles. The van der Waals surface area contributed by atoms with Crippen molar-refractivity contribution in [3.8, 4) is 0 Å². The van der Waals surface area contributed by atoms with Gasteiger partial charge < -0.3 is 10.6 Å². The second-order valence-electron chi connectivity index (χ2n) is 4.61. The number of nitrogens with zero attached hydrogens (tertiary/aromatic N) is 2. The van der Waals surface area contributed by atoms with Crippen LogP contribution in [0.15, 0.2) is 24.3 Å². The molecule has 0 aliphatic carbocycles. The van der Waals surface area contributed by atoms with Crippen molar-refractivity contribution < 1.29 is 0 Å². The van der Waals surface area contributed by atoms with Gasteiger partial charge in [0, 0.05) is 41.5 Å². The summed E-state index contributed by atoms with van der Waals surface area (Å²) in [6.45, 7) is 0.960. The fourth-order valence-corrected chi connectivity index (χ4v) is 4.80. The number of nitrogens with one attached hydrogen (secondary N) is 2. The zero-order valence-electron chi connectivity index (χ0n) is 11.4. The number of aromatic nitrogens is 2. The Morgan fingerprint density at radius 1 is 1.25 bits per heavy atom. The Bertz CT molecular complexity index is 584. The Balaban J connectivity index is 1.81. The van der Waals surface area contributed by atoms with E-state index >= 15 is 0 Å². The molecule has 20 heavy (non-hydrogen) atoms. The van der Waals surface area contributed by atoms with Crippen molar-refractivity contribution in [2.24, 2.45) is 0 Å². The predicted molar refractivity (Wildman–Crippen MR) is 91.1 cm³/mol. The quantitative estimate of drug-likeness (QED) is 0.906. The third kappa shape index (κ3) is 3.12. The highest BCUT2D eigenvalue weighted by atomic mass is 32.2. The van der Waals surface area contributed by atoms with E-state index in [9.17, 15) is 0 Å². The number of hydrogen-bond donors (Lipinski definition) is 2. The van der Waals surface area contributed by atoms with Gasteiger partial charge in [0.25, 0.3) is 0 Å². The molecule has 1 aromatic heterocycles. The van der Waals surface area contributed by atoms with Crippen molar-refractivity contribution in [2.45, 2.75) is 5.25 Å². The molecule has 0 bridgehead atoms. The first-order chi connectivity index (χ1) is 9.86. The van der Waals surface area contributed by atoms with E-state index in [1.807, 2.05) is 37.0 Å². The molecule has 0 spiro atoms. The number of fused-ring (bicyclic) bond motifs is 1. The van der Waals surface area contributed by atoms with Crippen molar-refractivity contribution in [2.75, 3.05) is 41.5 Å². The van der Waals surface area contributed by atoms with Crippen LogP contribution in [0, 0.1) is 0 Å². The maximum absolute atomic E-state index is 4.55. The van der Waals surface area contributed by atoms with E-state index in [1.54, 1.807) is 0 Å². The largest absolute Gasteiger partial charge is 0.368 e. The molecule has 1 unspecified atom stereocenters. The van der Waals surface area contributed by atoms with E-state index in [2.05, 4.69) is 38.4 Å². The fourth-order valence-electron chi connectivity index (χ4n) is 2.19. The van der Waals surface area contributed by atoms with Crippen molar-refractivity contribution in [3.63, 3.8) is 0 Å². The topological polar surface area (TPSA) is 49.8 Å². The van der Waals surface area contributed by atoms with Gasteiger partial charge in [-0.25, -0.2) is 4.98 Å². The minimum absolute atomic E-state index is 0.664. The smallest absolute Gasteiger partial charge is 0.224 e. The van der Waals surface area contributed by atoms with E-state index < -0.39 is 0 Å². The molecule has 2 aromatic rings. The fraction of sp³-hybridized carbons (Fsp3) is 0.429. The lowest BCUT2D eigenvalue weighted by molar-refractivity contribution is 0.993. The Morgan fingerprint density at radius 2 is 2.15 bits per heavy atom. The van der Waals surface area contributed by atoms with Crippen molar-refractivity contribution in [3.05, 3.63) is 24.3 Å². The maximum atomic E-state index is 4.55. The third-order valence-corrected chi connectivity index (χ3v) is 6.05. The molecule has 0 radical (unpaired) electrons. The highest BCUT2D eigenvalue weighted by Crippen LogP contribution is 2.26. The molecule has 3 rings (SSSR count). The molecule has 1 aliphatic heterocycles. The molecule has 0 amide bonds. The summed E-state index contributed by atoms with van der Waals surface area (Å²) < 4.78 is 0. The van der Waals surface area contributed by atoms with Gasteiger partial charge in [0.15, 0.2) is 0 Å². The van der Waals surface area contributed by atoms with Crippen LogP contribution >= 0.6 is 23.5 Å². The highest BCUT2D eigenvalue weighted by Gasteiger charge is 2.15. The lowest BCUT2D eigenvalue weighted by Crippen LogP contribution is -2.23. The maximum Gasteiger partial charge on any atom is 0.224 e. The highest BCUT2D eigenvalue weighted by molar-refractivity contribution is 8.06. The van der Waals surface area contributed by atoms with Gasteiger partial charge in [0.1, 0.15) is 5.82 Å². The number of rotatable bonds is 4. The zero-order chi connectivity index (χ0) is 13.8. The standard InChI is InChI=1S/C14H18N4S2/c1-15-14-17-12-5-3-2-4-11(12)13(18-14)16-8-10-9-19-6-7-20-10/h2-5,10H,6-9H2,1H3,(H2,15,16,17,18). The normalized spacial score (nSPS) is 18.9. The minimum atomic E-state index is 0.664. The van der Waals surface area contributed by atoms with Crippen LogP contribution in [0.4, 0.5) is 11.8 Å². The first-order valence-corrected chi connectivity index (χ1v) is 8.95. The first kappa shape index (κ1) is 13.8. The molecule has 1 aliphatic rings. The van der Waals surface area contributed by atoms with Gasteiger partial charge in [-0.15, -0.1) is 0 Å². The van der Waals surface area contributed by atoms with Gasteiger partial charge >= 0.3 is 0 Å². The van der Waals surface area contributed by atoms with Gasteiger partial charge in [-0.2, -0.15) is 28.5 Å². The van der Waals surface area contributed by atoms with E-state index in [4.69, 9.17) is 0 Å². The summed E-state index contributed by atoms with van der Waals surface area (Å²) in [5, 5.41) is 8.28. The number of hydrogen-bond acceptors (Lipinski definition) is 6. The summed E-state index contributed by atoms with van der Waals surface area (Å²) in [7, 11) is 1.85. The van der Waals surface area contributed by atoms with Crippen LogP contribution in [0.3, 0.4) is 0 Å². The molecule has 1 fully saturated rings. The van der Waals surface area contributed by atoms with Crippen LogP contribution < -0.4 is 10.6 Å². The molecule has 2 N–H and O–H groups in total. The Morgan fingerprint density at radius 3 is 2.95 bits per heavy atom. The monoisotopic (exact) mass is 306 g/mol. The Kier molecular flexibility index (Phi) is 4.52. The molecular formula is C14H18N4S2. The van der Waals surface area contributed by atoms with Crippen molar-refractivity contribution >= 4 is 46.2 Å². The molecule has 0 saturated carbocycles. The molecule has 1 atom stereocenters. The molecule has 6 heteroatoms. The number of para-hydroxylation sites is 1. The van der Waals surface area contributed by atoms with Crippen LogP contribution in [0.5, 0.6) is 0 Å². The van der Waals surface area contributed by atoms with Crippen molar-refractivity contribution in [1.82, 2.24) is 9.97 Å². The summed E-state index contributed by atoms with van der Waals surface area (Å²) in [5.74, 6) is 5.35. The van der Waals surface area contributed by atoms with Gasteiger partial charge in [-0.3, -0.25) is 0 Å². The lowest BCUT2D eigenvalue weighted by atomic mass is 10.2. The summed E-state index contributed by atoms with van der Waals surface area (Å²) in [4.78, 5) is 9.03. The lowest BCUT2D eigenvalue weighted by Gasteiger charge is -2.21. The second-order valence-corrected chi connectivity index (χ2v) is 7.17. The van der Waals surface area contributed by atoms with E-state index in [-0.39, 0.29) is 0 Å². The SMILES string of the molecule is CNc1nc(NCC2CSCCS2)c2ccccc2n1. The van der Waals surface area contributed by atoms with Crippen LogP contribution in [-0.2, 0) is 0 Å². The molecule has 106 valence electrons. The summed E-state index contributed by atoms with van der Waals surface area (Å²) in [5.41, 5.74) is 0.972. The zero-order valence-corrected chi connectivity index (χ0v) is 13.1. The number of thioether (sulfide) groups is 2. The summed E-state index contributed by atoms with van der Waals surface area (Å²) in [6.07, 6.45) is 0. The minimum Gasteiger partial charge on any atom is -0.368 e. The molecule has 2 heterocycles. The Labute approximate surface area is 127 Å². The number of benzene rings is 1. The molecule has 4 nitrogen and oxygen atoms in total. The summed E-state index contributed by atoms with van der Waals surface area (Å²) in [6, 6.07) is 8.13. The van der Waals surface area contributed by atoms with E-state index in [0.29, 0.717) is 11.2 Å². The van der Waals surface area contributed by atoms with E-state index in [0.717, 1.165) is 23.3 Å². The van der Waals surface area contributed by atoms with Crippen LogP contribution in [0.1, 0.15) is 0 Å². The van der Waals surface area contributed by atoms with E-state index in [1.165, 1.54) is 17.3 Å². The van der Waals surface area contributed by atoms with Crippen molar-refractivity contribution in [1.29, 1.82) is 0 Å². The molecular weight excluding hydrogens is 288 g/mol. The average Bonchev–Trinajstić information content (AvgIpc) is 2.53. The third-order valence-electron chi connectivity index (χ3n) is 3.21. The van der Waals surface area contributed by atoms with Gasteiger partial charge in [-0.1, -0.05) is 12.1 Å². The second kappa shape index (κ2) is 6.54. The van der Waals surface area contributed by atoms with Crippen LogP contribution in [0.2, 0.25) is 0 Å². The van der Waals surface area contributed by atoms with Gasteiger partial charge in [-0.05, 0) is 12.1 Å². The Hall–Kier alpha value is -1.14.